The quantitative estimate of drug-likeness (QED) is 0.0778. The molecule has 0 bridgehead atoms. The summed E-state index contributed by atoms with van der Waals surface area (Å²) in [6, 6.07) is -0.328. The second-order valence-corrected chi connectivity index (χ2v) is 17.7. The summed E-state index contributed by atoms with van der Waals surface area (Å²) in [4.78, 5) is 21.8. The maximum atomic E-state index is 14.3. The molecule has 17 heteroatoms. The summed E-state index contributed by atoms with van der Waals surface area (Å²) in [5, 5.41) is 63.6. The Morgan fingerprint density at radius 2 is 1.55 bits per heavy atom. The van der Waals surface area contributed by atoms with E-state index in [0.717, 1.165) is 0 Å². The van der Waals surface area contributed by atoms with Crippen LogP contribution in [0, 0.1) is 23.7 Å². The third-order valence-corrected chi connectivity index (χ3v) is 12.6. The highest BCUT2D eigenvalue weighted by Crippen LogP contribution is 2.41. The zero-order chi connectivity index (χ0) is 43.9. The molecule has 3 saturated heterocycles. The number of likely N-dealkylation sites (N-methyl/N-ethyl adjacent to an activating group) is 1. The second kappa shape index (κ2) is 21.5. The Labute approximate surface area is 345 Å². The number of esters is 1. The highest BCUT2D eigenvalue weighted by atomic mass is 16.7. The maximum absolute atomic E-state index is 14.3. The molecule has 3 aliphatic rings. The van der Waals surface area contributed by atoms with Gasteiger partial charge in [0.2, 0.25) is 6.79 Å². The van der Waals surface area contributed by atoms with E-state index >= 15 is 0 Å². The van der Waals surface area contributed by atoms with Gasteiger partial charge < -0.3 is 73.2 Å². The van der Waals surface area contributed by atoms with Crippen molar-refractivity contribution in [2.45, 2.75) is 179 Å². The van der Waals surface area contributed by atoms with Crippen LogP contribution in [0.3, 0.4) is 0 Å². The van der Waals surface area contributed by atoms with Gasteiger partial charge in [-0.1, -0.05) is 32.9 Å². The van der Waals surface area contributed by atoms with Crippen molar-refractivity contribution in [2.75, 3.05) is 48.3 Å². The predicted molar refractivity (Wildman–Crippen MR) is 212 cm³/mol. The zero-order valence-corrected chi connectivity index (χ0v) is 37.3. The molecule has 0 aromatic rings. The fourth-order valence-electron chi connectivity index (χ4n) is 8.93. The lowest BCUT2D eigenvalue weighted by atomic mass is 9.73. The van der Waals surface area contributed by atoms with E-state index in [2.05, 4.69) is 5.16 Å². The molecule has 0 radical (unpaired) electrons. The van der Waals surface area contributed by atoms with E-state index < -0.39 is 102 Å². The maximum Gasteiger partial charge on any atom is 0.311 e. The first-order valence-corrected chi connectivity index (χ1v) is 20.8. The van der Waals surface area contributed by atoms with E-state index in [-0.39, 0.29) is 44.8 Å². The van der Waals surface area contributed by atoms with Gasteiger partial charge in [-0.05, 0) is 74.9 Å². The summed E-state index contributed by atoms with van der Waals surface area (Å²) in [6.07, 6.45) is -9.49. The second-order valence-electron chi connectivity index (χ2n) is 17.7. The Morgan fingerprint density at radius 1 is 0.897 bits per heavy atom. The minimum Gasteiger partial charge on any atom is -0.459 e. The molecule has 0 aromatic carbocycles. The number of oxime groups is 1. The number of aliphatic hydroxyl groups is 5. The SMILES string of the molecule is CC[C@H]1OC(=O)[C@H](C)C(O[C@H]2C[C@@](C)(OC)[C@@H](O)[C@H](C)O2)[C@H](C)[C@@H](O[C@@H]2O[C@H](C)C[C@H](N(C)C)[C@H]2O)[C@](C)(O)C[C@@H](C)/C(=N\OCOCCOC)[C@H](C)[C@@H](O)[C@]1(C)O. The number of ether oxygens (including phenoxy) is 8. The summed E-state index contributed by atoms with van der Waals surface area (Å²) >= 11 is 0. The summed E-state index contributed by atoms with van der Waals surface area (Å²) in [5.74, 6) is -4.14. The monoisotopic (exact) mass is 837 g/mol. The van der Waals surface area contributed by atoms with Gasteiger partial charge in [0.1, 0.15) is 23.9 Å². The molecule has 17 nitrogen and oxygen atoms in total. The van der Waals surface area contributed by atoms with Gasteiger partial charge in [0, 0.05) is 44.4 Å². The first kappa shape index (κ1) is 50.8. The molecule has 58 heavy (non-hydrogen) atoms. The van der Waals surface area contributed by atoms with E-state index in [1.165, 1.54) is 14.0 Å². The number of aliphatic hydroxyl groups excluding tert-OH is 3. The van der Waals surface area contributed by atoms with Crippen LogP contribution >= 0.6 is 0 Å². The molecule has 0 aromatic heterocycles. The van der Waals surface area contributed by atoms with E-state index in [0.29, 0.717) is 18.7 Å². The Kier molecular flexibility index (Phi) is 18.8. The minimum atomic E-state index is -1.97. The first-order valence-electron chi connectivity index (χ1n) is 20.8. The van der Waals surface area contributed by atoms with Gasteiger partial charge in [-0.15, -0.1) is 0 Å². The van der Waals surface area contributed by atoms with Crippen LogP contribution < -0.4 is 0 Å². The third-order valence-electron chi connectivity index (χ3n) is 12.6. The Morgan fingerprint density at radius 3 is 2.14 bits per heavy atom. The van der Waals surface area contributed by atoms with Crippen LogP contribution in [0.5, 0.6) is 0 Å². The summed E-state index contributed by atoms with van der Waals surface area (Å²) in [5.41, 5.74) is -4.49. The molecule has 3 aliphatic heterocycles. The van der Waals surface area contributed by atoms with Crippen LogP contribution in [0.25, 0.3) is 0 Å². The average Bonchev–Trinajstić information content (AvgIpc) is 3.15. The molecule has 3 fully saturated rings. The minimum absolute atomic E-state index is 0.0307. The third kappa shape index (κ3) is 12.1. The number of methoxy groups -OCH3 is 2. The molecule has 18 atom stereocenters. The molecule has 3 rings (SSSR count). The first-order chi connectivity index (χ1) is 27.0. The van der Waals surface area contributed by atoms with E-state index in [1.54, 1.807) is 55.6 Å². The van der Waals surface area contributed by atoms with Crippen molar-refractivity contribution < 1.29 is 73.1 Å². The number of cyclic esters (lactones) is 1. The van der Waals surface area contributed by atoms with Crippen LogP contribution in [0.2, 0.25) is 0 Å². The van der Waals surface area contributed by atoms with Gasteiger partial charge in [-0.25, -0.2) is 0 Å². The van der Waals surface area contributed by atoms with Crippen molar-refractivity contribution in [2.24, 2.45) is 28.8 Å². The van der Waals surface area contributed by atoms with E-state index in [4.69, 9.17) is 42.7 Å². The molecular weight excluding hydrogens is 760 g/mol. The van der Waals surface area contributed by atoms with E-state index in [1.807, 2.05) is 32.8 Å². The average molecular weight is 837 g/mol. The summed E-state index contributed by atoms with van der Waals surface area (Å²) < 4.78 is 48.1. The molecule has 1 unspecified atom stereocenters. The highest BCUT2D eigenvalue weighted by Gasteiger charge is 2.53. The van der Waals surface area contributed by atoms with Gasteiger partial charge in [-0.3, -0.25) is 4.79 Å². The standard InChI is InChI=1S/C41H76N2O15/c1-15-29-41(10,49)34(45)24(4)31(42-53-21-52-17-16-50-13)22(2)19-39(8,48)36(58-38-32(44)28(43(11)12)18-23(3)54-38)25(5)33(26(6)37(47)56-29)57-30-20-40(9,51-14)35(46)27(7)55-30/h22-30,32-36,38,44-46,48-49H,15-21H2,1-14H3/b42-31+/t22-,23-,24+,25+,26-,27+,28+,29-,30+,32-,33?,34-,35+,36-,38+,39-,40-,41-/m1/s1. The predicted octanol–water partition coefficient (Wildman–Crippen LogP) is 2.21. The van der Waals surface area contributed by atoms with Crippen LogP contribution in [0.1, 0.15) is 94.9 Å². The van der Waals surface area contributed by atoms with Crippen molar-refractivity contribution in [3.05, 3.63) is 0 Å². The summed E-state index contributed by atoms with van der Waals surface area (Å²) in [6.45, 7) is 17.3. The molecule has 0 saturated carbocycles. The van der Waals surface area contributed by atoms with Crippen LogP contribution in [-0.4, -0.2) is 175 Å². The number of carbonyl (C=O) groups is 1. The molecular formula is C41H76N2O15. The topological polar surface area (TPSA) is 217 Å². The van der Waals surface area contributed by atoms with Crippen LogP contribution in [0.4, 0.5) is 0 Å². The van der Waals surface area contributed by atoms with Gasteiger partial charge in [0.05, 0.1) is 66.6 Å². The number of nitrogens with zero attached hydrogens (tertiary/aromatic N) is 2. The number of hydrogen-bond donors (Lipinski definition) is 5. The van der Waals surface area contributed by atoms with Gasteiger partial charge in [0.25, 0.3) is 0 Å². The largest absolute Gasteiger partial charge is 0.459 e. The number of rotatable bonds is 13. The Hall–Kier alpha value is -1.58. The van der Waals surface area contributed by atoms with Crippen molar-refractivity contribution in [3.63, 3.8) is 0 Å². The molecule has 340 valence electrons. The lowest BCUT2D eigenvalue weighted by molar-refractivity contribution is -0.317. The zero-order valence-electron chi connectivity index (χ0n) is 37.3. The fraction of sp³-hybridized carbons (Fsp3) is 0.951. The van der Waals surface area contributed by atoms with Gasteiger partial charge in [-0.2, -0.15) is 0 Å². The smallest absolute Gasteiger partial charge is 0.311 e. The number of hydrogen-bond acceptors (Lipinski definition) is 17. The van der Waals surface area contributed by atoms with Crippen LogP contribution in [-0.2, 0) is 47.5 Å². The highest BCUT2D eigenvalue weighted by molar-refractivity contribution is 5.88. The lowest BCUT2D eigenvalue weighted by Crippen LogP contribution is -2.61. The van der Waals surface area contributed by atoms with Gasteiger partial charge >= 0.3 is 5.97 Å². The van der Waals surface area contributed by atoms with Crippen molar-refractivity contribution >= 4 is 11.7 Å². The molecule has 0 amide bonds. The Balaban J connectivity index is 2.22. The normalized spacial score (nSPS) is 45.8. The molecule has 5 N–H and O–H groups in total. The molecule has 0 spiro atoms. The Bertz CT molecular complexity index is 1300. The lowest BCUT2D eigenvalue weighted by Gasteiger charge is -2.49. The molecule has 0 aliphatic carbocycles. The van der Waals surface area contributed by atoms with Crippen molar-refractivity contribution in [1.82, 2.24) is 4.90 Å². The number of carbonyl (C=O) groups excluding carboxylic acids is 1. The van der Waals surface area contributed by atoms with Crippen molar-refractivity contribution in [3.8, 4) is 0 Å². The van der Waals surface area contributed by atoms with E-state index in [9.17, 15) is 30.3 Å². The van der Waals surface area contributed by atoms with Crippen molar-refractivity contribution in [1.29, 1.82) is 0 Å². The fourth-order valence-corrected chi connectivity index (χ4v) is 8.93. The molecule has 3 heterocycles. The van der Waals surface area contributed by atoms with Gasteiger partial charge in [0.15, 0.2) is 12.6 Å². The summed E-state index contributed by atoms with van der Waals surface area (Å²) in [7, 11) is 6.76. The van der Waals surface area contributed by atoms with Crippen LogP contribution in [0.15, 0.2) is 5.16 Å².